The summed E-state index contributed by atoms with van der Waals surface area (Å²) < 4.78 is 35.8. The quantitative estimate of drug-likeness (QED) is 0.447. The van der Waals surface area contributed by atoms with Gasteiger partial charge >= 0.3 is 25.0 Å². The number of hydrogen-bond acceptors (Lipinski definition) is 4. The summed E-state index contributed by atoms with van der Waals surface area (Å²) >= 11 is 0. The normalized spacial score (nSPS) is 10.5. The Kier molecular flexibility index (Phi) is 4.10. The molecule has 1 rings (SSSR count). The maximum absolute atomic E-state index is 11.9. The minimum atomic E-state index is -4.67. The molecule has 8 heteroatoms. The topological polar surface area (TPSA) is 65.9 Å². The van der Waals surface area contributed by atoms with Gasteiger partial charge in [-0.2, -0.15) is 13.2 Å². The molecule has 0 aliphatic rings. The van der Waals surface area contributed by atoms with Crippen LogP contribution >= 0.6 is 0 Å². The van der Waals surface area contributed by atoms with Gasteiger partial charge < -0.3 is 9.90 Å². The molecule has 0 N–H and O–H groups in total. The van der Waals surface area contributed by atoms with Gasteiger partial charge in [-0.25, -0.2) is 9.97 Å². The molecular weight excluding hydrogens is 196 g/mol. The smallest absolute Gasteiger partial charge is 0.542 e. The molecule has 14 heavy (non-hydrogen) atoms. The van der Waals surface area contributed by atoms with Crippen LogP contribution in [0.2, 0.25) is 0 Å². The van der Waals surface area contributed by atoms with Crippen molar-refractivity contribution in [2.75, 3.05) is 0 Å². The summed E-state index contributed by atoms with van der Waals surface area (Å²) in [6.45, 7) is 0. The standard InChI is InChI=1S/C6H3F3N2O2.Li/c7-6(8,9)3-1-2-10-4(11-3)5(12)13;/h1-2H,(H,12,13);/q;+1/p-1. The van der Waals surface area contributed by atoms with Gasteiger partial charge in [0.25, 0.3) is 0 Å². The predicted octanol–water partition coefficient (Wildman–Crippen LogP) is -3.14. The number of nitrogens with zero attached hydrogens (tertiary/aromatic N) is 2. The van der Waals surface area contributed by atoms with Crippen molar-refractivity contribution >= 4 is 5.97 Å². The molecule has 0 fully saturated rings. The molecule has 0 aromatic carbocycles. The van der Waals surface area contributed by atoms with Crippen molar-refractivity contribution in [3.05, 3.63) is 23.8 Å². The molecular formula is C6H2F3LiN2O2. The van der Waals surface area contributed by atoms with Gasteiger partial charge in [0.05, 0.1) is 0 Å². The number of carboxylic acid groups (broad SMARTS) is 1. The molecule has 1 aromatic rings. The van der Waals surface area contributed by atoms with E-state index in [0.29, 0.717) is 12.3 Å². The molecule has 0 radical (unpaired) electrons. The third-order valence-corrected chi connectivity index (χ3v) is 1.13. The van der Waals surface area contributed by atoms with Crippen molar-refractivity contribution in [1.29, 1.82) is 0 Å². The zero-order chi connectivity index (χ0) is 10.1. The van der Waals surface area contributed by atoms with Gasteiger partial charge in [0.15, 0.2) is 5.82 Å². The predicted molar refractivity (Wildman–Crippen MR) is 31.4 cm³/mol. The average Bonchev–Trinajstić information content (AvgIpc) is 2.03. The molecule has 1 heterocycles. The molecule has 0 aliphatic heterocycles. The van der Waals surface area contributed by atoms with Crippen molar-refractivity contribution in [1.82, 2.24) is 9.97 Å². The van der Waals surface area contributed by atoms with Crippen molar-refractivity contribution in [3.8, 4) is 0 Å². The van der Waals surface area contributed by atoms with E-state index in [2.05, 4.69) is 9.97 Å². The molecule has 0 saturated heterocycles. The molecule has 0 atom stereocenters. The van der Waals surface area contributed by atoms with Crippen LogP contribution in [-0.2, 0) is 6.18 Å². The van der Waals surface area contributed by atoms with Crippen molar-refractivity contribution in [3.63, 3.8) is 0 Å². The fourth-order valence-electron chi connectivity index (χ4n) is 0.615. The first kappa shape index (κ1) is 12.9. The first-order valence-corrected chi connectivity index (χ1v) is 3.03. The molecule has 1 aromatic heterocycles. The first-order chi connectivity index (χ1) is 5.91. The van der Waals surface area contributed by atoms with Gasteiger partial charge in [-0.05, 0) is 6.07 Å². The Balaban J connectivity index is 0.00000169. The molecule has 0 aliphatic carbocycles. The Morgan fingerprint density at radius 3 is 2.43 bits per heavy atom. The monoisotopic (exact) mass is 198 g/mol. The summed E-state index contributed by atoms with van der Waals surface area (Å²) in [5.41, 5.74) is -1.30. The van der Waals surface area contributed by atoms with Gasteiger partial charge in [0.2, 0.25) is 0 Å². The van der Waals surface area contributed by atoms with Crippen molar-refractivity contribution in [2.45, 2.75) is 6.18 Å². The van der Waals surface area contributed by atoms with Crippen LogP contribution < -0.4 is 24.0 Å². The largest absolute Gasteiger partial charge is 1.00 e. The summed E-state index contributed by atoms with van der Waals surface area (Å²) in [6.07, 6.45) is -3.96. The van der Waals surface area contributed by atoms with Gasteiger partial charge in [-0.3, -0.25) is 0 Å². The van der Waals surface area contributed by atoms with Crippen LogP contribution in [0.25, 0.3) is 0 Å². The maximum Gasteiger partial charge on any atom is 1.00 e. The van der Waals surface area contributed by atoms with E-state index in [1.54, 1.807) is 0 Å². The Bertz CT molecular complexity index is 342. The Hall–Kier alpha value is -1.06. The zero-order valence-corrected chi connectivity index (χ0v) is 7.00. The third kappa shape index (κ3) is 3.01. The number of aromatic carboxylic acids is 1. The van der Waals surface area contributed by atoms with Gasteiger partial charge in [-0.1, -0.05) is 0 Å². The number of aromatic nitrogens is 2. The summed E-state index contributed by atoms with van der Waals surface area (Å²) in [4.78, 5) is 15.9. The van der Waals surface area contributed by atoms with Crippen LogP contribution in [0.3, 0.4) is 0 Å². The summed E-state index contributed by atoms with van der Waals surface area (Å²) in [5, 5.41) is 10.1. The first-order valence-electron chi connectivity index (χ1n) is 3.03. The minimum Gasteiger partial charge on any atom is -0.542 e. The second-order valence-corrected chi connectivity index (χ2v) is 2.05. The second-order valence-electron chi connectivity index (χ2n) is 2.05. The van der Waals surface area contributed by atoms with E-state index in [-0.39, 0.29) is 18.9 Å². The fraction of sp³-hybridized carbons (Fsp3) is 0.167. The van der Waals surface area contributed by atoms with Gasteiger partial charge in [-0.15, -0.1) is 0 Å². The van der Waals surface area contributed by atoms with Crippen LogP contribution in [-0.4, -0.2) is 15.9 Å². The number of alkyl halides is 3. The summed E-state index contributed by atoms with van der Waals surface area (Å²) in [5.74, 6) is -2.82. The van der Waals surface area contributed by atoms with E-state index in [4.69, 9.17) is 0 Å². The van der Waals surface area contributed by atoms with Crippen LogP contribution in [0.4, 0.5) is 13.2 Å². The molecule has 70 valence electrons. The molecule has 4 nitrogen and oxygen atoms in total. The van der Waals surface area contributed by atoms with Crippen molar-refractivity contribution in [2.24, 2.45) is 0 Å². The molecule has 0 saturated carbocycles. The maximum atomic E-state index is 11.9. The van der Waals surface area contributed by atoms with E-state index in [1.807, 2.05) is 0 Å². The molecule has 0 spiro atoms. The SMILES string of the molecule is O=C([O-])c1nccc(C(F)(F)F)n1.[Li+]. The number of carbonyl (C=O) groups is 1. The molecule has 0 unspecified atom stereocenters. The number of carboxylic acids is 1. The Labute approximate surface area is 88.4 Å². The van der Waals surface area contributed by atoms with Gasteiger partial charge in [0.1, 0.15) is 11.7 Å². The number of carbonyl (C=O) groups excluding carboxylic acids is 1. The van der Waals surface area contributed by atoms with Crippen LogP contribution in [0, 0.1) is 0 Å². The van der Waals surface area contributed by atoms with Crippen LogP contribution in [0.5, 0.6) is 0 Å². The van der Waals surface area contributed by atoms with Crippen LogP contribution in [0.1, 0.15) is 16.3 Å². The summed E-state index contributed by atoms with van der Waals surface area (Å²) in [7, 11) is 0. The Morgan fingerprint density at radius 1 is 1.43 bits per heavy atom. The van der Waals surface area contributed by atoms with E-state index < -0.39 is 23.7 Å². The van der Waals surface area contributed by atoms with Crippen molar-refractivity contribution < 1.29 is 41.9 Å². The van der Waals surface area contributed by atoms with Crippen LogP contribution in [0.15, 0.2) is 12.3 Å². The fourth-order valence-corrected chi connectivity index (χ4v) is 0.615. The summed E-state index contributed by atoms with van der Waals surface area (Å²) in [6, 6.07) is 0.576. The number of halogens is 3. The third-order valence-electron chi connectivity index (χ3n) is 1.13. The Morgan fingerprint density at radius 2 is 2.00 bits per heavy atom. The molecule has 0 amide bonds. The zero-order valence-electron chi connectivity index (χ0n) is 7.00. The van der Waals surface area contributed by atoms with E-state index in [9.17, 15) is 23.1 Å². The van der Waals surface area contributed by atoms with E-state index >= 15 is 0 Å². The van der Waals surface area contributed by atoms with E-state index in [0.717, 1.165) is 0 Å². The average molecular weight is 198 g/mol. The second kappa shape index (κ2) is 4.44. The molecule has 0 bridgehead atoms. The van der Waals surface area contributed by atoms with Gasteiger partial charge in [0, 0.05) is 6.20 Å². The number of hydrogen-bond donors (Lipinski definition) is 0. The minimum absolute atomic E-state index is 0. The van der Waals surface area contributed by atoms with E-state index in [1.165, 1.54) is 0 Å². The number of rotatable bonds is 1.